The first-order valence-electron chi connectivity index (χ1n) is 9.17. The van der Waals surface area contributed by atoms with Gasteiger partial charge in [0.2, 0.25) is 11.8 Å². The van der Waals surface area contributed by atoms with Crippen LogP contribution < -0.4 is 4.90 Å². The Kier molecular flexibility index (Phi) is 5.40. The quantitative estimate of drug-likeness (QED) is 0.823. The van der Waals surface area contributed by atoms with Gasteiger partial charge in [-0.15, -0.1) is 0 Å². The SMILES string of the molecule is Cc1ccc(CN2CC(C(=O)N(c3ccccc3)C(C)C)CC2=O)cc1. The largest absolute Gasteiger partial charge is 0.338 e. The average molecular weight is 350 g/mol. The van der Waals surface area contributed by atoms with Crippen LogP contribution in [0.1, 0.15) is 31.4 Å². The van der Waals surface area contributed by atoms with Crippen LogP contribution in [0.4, 0.5) is 5.69 Å². The molecular weight excluding hydrogens is 324 g/mol. The monoisotopic (exact) mass is 350 g/mol. The average Bonchev–Trinajstić information content (AvgIpc) is 2.98. The van der Waals surface area contributed by atoms with E-state index < -0.39 is 0 Å². The molecule has 0 aliphatic carbocycles. The van der Waals surface area contributed by atoms with Crippen LogP contribution in [0.3, 0.4) is 0 Å². The Morgan fingerprint density at radius 3 is 2.38 bits per heavy atom. The molecule has 0 spiro atoms. The Morgan fingerprint density at radius 2 is 1.77 bits per heavy atom. The third-order valence-corrected chi connectivity index (χ3v) is 4.85. The second-order valence-electron chi connectivity index (χ2n) is 7.30. The molecule has 1 saturated heterocycles. The Bertz CT molecular complexity index is 768. The number of hydrogen-bond donors (Lipinski definition) is 0. The molecule has 1 heterocycles. The lowest BCUT2D eigenvalue weighted by Crippen LogP contribution is -2.42. The molecule has 0 aromatic heterocycles. The Hall–Kier alpha value is -2.62. The van der Waals surface area contributed by atoms with Crippen LogP contribution in [0.15, 0.2) is 54.6 Å². The smallest absolute Gasteiger partial charge is 0.232 e. The van der Waals surface area contributed by atoms with Crippen molar-refractivity contribution in [2.24, 2.45) is 5.92 Å². The number of rotatable bonds is 5. The molecule has 4 nitrogen and oxygen atoms in total. The minimum Gasteiger partial charge on any atom is -0.338 e. The number of para-hydroxylation sites is 1. The highest BCUT2D eigenvalue weighted by Crippen LogP contribution is 2.26. The number of benzene rings is 2. The van der Waals surface area contributed by atoms with Gasteiger partial charge in [-0.2, -0.15) is 0 Å². The van der Waals surface area contributed by atoms with Crippen molar-refractivity contribution in [3.8, 4) is 0 Å². The van der Waals surface area contributed by atoms with Crippen LogP contribution in [0.5, 0.6) is 0 Å². The highest BCUT2D eigenvalue weighted by atomic mass is 16.2. The maximum absolute atomic E-state index is 13.1. The number of hydrogen-bond acceptors (Lipinski definition) is 2. The van der Waals surface area contributed by atoms with E-state index in [4.69, 9.17) is 0 Å². The van der Waals surface area contributed by atoms with Crippen molar-refractivity contribution in [1.82, 2.24) is 4.90 Å². The lowest BCUT2D eigenvalue weighted by molar-refractivity contribution is -0.129. The third kappa shape index (κ3) is 3.96. The highest BCUT2D eigenvalue weighted by Gasteiger charge is 2.37. The number of anilines is 1. The van der Waals surface area contributed by atoms with Gasteiger partial charge in [0.15, 0.2) is 0 Å². The van der Waals surface area contributed by atoms with E-state index in [1.807, 2.05) is 68.1 Å². The van der Waals surface area contributed by atoms with Crippen LogP contribution in [0.2, 0.25) is 0 Å². The molecule has 0 N–H and O–H groups in total. The van der Waals surface area contributed by atoms with Crippen molar-refractivity contribution in [2.75, 3.05) is 11.4 Å². The van der Waals surface area contributed by atoms with E-state index in [0.29, 0.717) is 19.5 Å². The summed E-state index contributed by atoms with van der Waals surface area (Å²) in [6, 6.07) is 17.9. The number of carbonyl (C=O) groups is 2. The van der Waals surface area contributed by atoms with Crippen molar-refractivity contribution in [2.45, 2.75) is 39.8 Å². The highest BCUT2D eigenvalue weighted by molar-refractivity contribution is 5.99. The van der Waals surface area contributed by atoms with Crippen molar-refractivity contribution in [1.29, 1.82) is 0 Å². The number of amides is 2. The zero-order chi connectivity index (χ0) is 18.7. The summed E-state index contributed by atoms with van der Waals surface area (Å²) in [6.45, 7) is 7.11. The zero-order valence-corrected chi connectivity index (χ0v) is 15.7. The lowest BCUT2D eigenvalue weighted by Gasteiger charge is -2.29. The summed E-state index contributed by atoms with van der Waals surface area (Å²) in [7, 11) is 0. The summed E-state index contributed by atoms with van der Waals surface area (Å²) in [4.78, 5) is 29.2. The summed E-state index contributed by atoms with van der Waals surface area (Å²) >= 11 is 0. The van der Waals surface area contributed by atoms with E-state index in [1.54, 1.807) is 4.90 Å². The lowest BCUT2D eigenvalue weighted by atomic mass is 10.1. The van der Waals surface area contributed by atoms with Gasteiger partial charge in [-0.1, -0.05) is 48.0 Å². The van der Waals surface area contributed by atoms with E-state index in [9.17, 15) is 9.59 Å². The van der Waals surface area contributed by atoms with Gasteiger partial charge in [0, 0.05) is 31.2 Å². The van der Waals surface area contributed by atoms with Crippen LogP contribution in [-0.4, -0.2) is 29.3 Å². The molecule has 3 rings (SSSR count). The Morgan fingerprint density at radius 1 is 1.12 bits per heavy atom. The zero-order valence-electron chi connectivity index (χ0n) is 15.7. The van der Waals surface area contributed by atoms with Gasteiger partial charge in [0.25, 0.3) is 0 Å². The molecule has 2 amide bonds. The maximum Gasteiger partial charge on any atom is 0.232 e. The molecule has 2 aromatic carbocycles. The molecule has 136 valence electrons. The van der Waals surface area contributed by atoms with Crippen molar-refractivity contribution >= 4 is 17.5 Å². The first kappa shape index (κ1) is 18.2. The van der Waals surface area contributed by atoms with E-state index in [1.165, 1.54) is 5.56 Å². The second-order valence-corrected chi connectivity index (χ2v) is 7.30. The standard InChI is InChI=1S/C22H26N2O2/c1-16(2)24(20-7-5-4-6-8-20)22(26)19-13-21(25)23(15-19)14-18-11-9-17(3)10-12-18/h4-12,16,19H,13-15H2,1-3H3. The predicted octanol–water partition coefficient (Wildman–Crippen LogP) is 3.79. The minimum atomic E-state index is -0.282. The molecule has 0 radical (unpaired) electrons. The fourth-order valence-electron chi connectivity index (χ4n) is 3.47. The van der Waals surface area contributed by atoms with E-state index in [-0.39, 0.29) is 23.8 Å². The van der Waals surface area contributed by atoms with Gasteiger partial charge in [0.05, 0.1) is 5.92 Å². The maximum atomic E-state index is 13.1. The molecule has 0 bridgehead atoms. The van der Waals surface area contributed by atoms with E-state index >= 15 is 0 Å². The van der Waals surface area contributed by atoms with Crippen molar-refractivity contribution in [3.63, 3.8) is 0 Å². The molecule has 1 aliphatic rings. The summed E-state index contributed by atoms with van der Waals surface area (Å²) in [6.07, 6.45) is 0.292. The molecule has 1 fully saturated rings. The second kappa shape index (κ2) is 7.73. The van der Waals surface area contributed by atoms with Crippen molar-refractivity contribution in [3.05, 3.63) is 65.7 Å². The normalized spacial score (nSPS) is 17.0. The van der Waals surface area contributed by atoms with Crippen LogP contribution >= 0.6 is 0 Å². The molecule has 1 aliphatic heterocycles. The fourth-order valence-corrected chi connectivity index (χ4v) is 3.47. The molecule has 1 unspecified atom stereocenters. The molecule has 1 atom stereocenters. The van der Waals surface area contributed by atoms with Gasteiger partial charge in [-0.3, -0.25) is 9.59 Å². The Labute approximate surface area is 155 Å². The number of aryl methyl sites for hydroxylation is 1. The van der Waals surface area contributed by atoms with Gasteiger partial charge in [0.1, 0.15) is 0 Å². The van der Waals surface area contributed by atoms with Gasteiger partial charge < -0.3 is 9.80 Å². The molecular formula is C22H26N2O2. The first-order chi connectivity index (χ1) is 12.5. The van der Waals surface area contributed by atoms with Crippen LogP contribution in [-0.2, 0) is 16.1 Å². The van der Waals surface area contributed by atoms with Gasteiger partial charge >= 0.3 is 0 Å². The van der Waals surface area contributed by atoms with Gasteiger partial charge in [-0.05, 0) is 38.5 Å². The topological polar surface area (TPSA) is 40.6 Å². The third-order valence-electron chi connectivity index (χ3n) is 4.85. The number of carbonyl (C=O) groups excluding carboxylic acids is 2. The molecule has 26 heavy (non-hydrogen) atoms. The minimum absolute atomic E-state index is 0.0333. The fraction of sp³-hybridized carbons (Fsp3) is 0.364. The van der Waals surface area contributed by atoms with E-state index in [0.717, 1.165) is 11.3 Å². The van der Waals surface area contributed by atoms with Gasteiger partial charge in [-0.25, -0.2) is 0 Å². The molecule has 0 saturated carbocycles. The van der Waals surface area contributed by atoms with E-state index in [2.05, 4.69) is 12.1 Å². The summed E-state index contributed by atoms with van der Waals surface area (Å²) in [5.74, 6) is -0.192. The first-order valence-corrected chi connectivity index (χ1v) is 9.17. The molecule has 2 aromatic rings. The van der Waals surface area contributed by atoms with Crippen LogP contribution in [0, 0.1) is 12.8 Å². The summed E-state index contributed by atoms with van der Waals surface area (Å²) < 4.78 is 0. The van der Waals surface area contributed by atoms with Crippen LogP contribution in [0.25, 0.3) is 0 Å². The number of likely N-dealkylation sites (tertiary alicyclic amines) is 1. The summed E-state index contributed by atoms with van der Waals surface area (Å²) in [5, 5.41) is 0. The summed E-state index contributed by atoms with van der Waals surface area (Å²) in [5.41, 5.74) is 3.18. The molecule has 4 heteroatoms. The van der Waals surface area contributed by atoms with Crippen molar-refractivity contribution < 1.29 is 9.59 Å². The Balaban J connectivity index is 1.72. The predicted molar refractivity (Wildman–Crippen MR) is 104 cm³/mol. The number of nitrogens with zero attached hydrogens (tertiary/aromatic N) is 2.